The second-order valence-electron chi connectivity index (χ2n) is 9.90. The Morgan fingerprint density at radius 3 is 2.33 bits per heavy atom. The maximum absolute atomic E-state index is 13.6. The predicted octanol–water partition coefficient (Wildman–Crippen LogP) is 5.72. The second-order valence-corrected chi connectivity index (χ2v) is 9.90. The number of carbonyl (C=O) groups excluding carboxylic acids is 3. The fourth-order valence-corrected chi connectivity index (χ4v) is 4.77. The Hall–Kier alpha value is -3.86. The second kappa shape index (κ2) is 8.66. The largest absolute Gasteiger partial charge is 0.459 e. The Balaban J connectivity index is 1.93. The van der Waals surface area contributed by atoms with Gasteiger partial charge >= 0.3 is 12.1 Å². The summed E-state index contributed by atoms with van der Waals surface area (Å²) in [6.45, 7) is 4.77. The zero-order valence-corrected chi connectivity index (χ0v) is 20.0. The molecule has 0 saturated heterocycles. The minimum Gasteiger partial charge on any atom is -0.459 e. The number of aromatic nitrogens is 1. The smallest absolute Gasteiger partial charge is 0.454 e. The third-order valence-electron chi connectivity index (χ3n) is 6.33. The highest BCUT2D eigenvalue weighted by atomic mass is 19.4. The van der Waals surface area contributed by atoms with E-state index < -0.39 is 40.4 Å². The highest BCUT2D eigenvalue weighted by Crippen LogP contribution is 2.49. The van der Waals surface area contributed by atoms with Gasteiger partial charge in [0.2, 0.25) is 0 Å². The van der Waals surface area contributed by atoms with Crippen molar-refractivity contribution in [1.29, 1.82) is 0 Å². The zero-order chi connectivity index (χ0) is 26.5. The molecule has 0 spiro atoms. The number of rotatable bonds is 5. The van der Waals surface area contributed by atoms with Gasteiger partial charge in [-0.05, 0) is 26.3 Å². The van der Waals surface area contributed by atoms with Crippen LogP contribution in [0.5, 0.6) is 0 Å². The van der Waals surface area contributed by atoms with Crippen LogP contribution in [0.15, 0.2) is 54.7 Å². The molecule has 8 heteroatoms. The predicted molar refractivity (Wildman–Crippen MR) is 128 cm³/mol. The van der Waals surface area contributed by atoms with Crippen LogP contribution in [0.3, 0.4) is 0 Å². The molecule has 2 heterocycles. The van der Waals surface area contributed by atoms with E-state index in [1.165, 1.54) is 16.7 Å². The molecule has 3 aromatic rings. The normalized spacial score (nSPS) is 19.5. The summed E-state index contributed by atoms with van der Waals surface area (Å²) in [7, 11) is 0. The van der Waals surface area contributed by atoms with Crippen LogP contribution in [-0.4, -0.2) is 33.9 Å². The number of terminal acetylenes is 1. The van der Waals surface area contributed by atoms with Crippen molar-refractivity contribution < 1.29 is 32.3 Å². The molecule has 4 rings (SSSR count). The van der Waals surface area contributed by atoms with E-state index in [1.807, 2.05) is 0 Å². The first-order valence-corrected chi connectivity index (χ1v) is 11.3. The van der Waals surface area contributed by atoms with Crippen molar-refractivity contribution in [3.8, 4) is 12.3 Å². The molecule has 0 fully saturated rings. The van der Waals surface area contributed by atoms with Gasteiger partial charge in [0, 0.05) is 29.5 Å². The third-order valence-corrected chi connectivity index (χ3v) is 6.33. The van der Waals surface area contributed by atoms with Gasteiger partial charge in [-0.3, -0.25) is 14.4 Å². The highest BCUT2D eigenvalue weighted by molar-refractivity contribution is 6.11. The van der Waals surface area contributed by atoms with Crippen LogP contribution in [-0.2, 0) is 16.1 Å². The topological polar surface area (TPSA) is 65.4 Å². The lowest BCUT2D eigenvalue weighted by Gasteiger charge is -2.40. The molecular formula is C28H24F3NO4. The summed E-state index contributed by atoms with van der Waals surface area (Å²) in [5.74, 6) is -1.39. The number of halogens is 3. The first-order chi connectivity index (χ1) is 16.8. The molecule has 0 amide bonds. The van der Waals surface area contributed by atoms with Crippen LogP contribution in [0.4, 0.5) is 13.2 Å². The lowest BCUT2D eigenvalue weighted by atomic mass is 9.67. The Bertz CT molecular complexity index is 1410. The average molecular weight is 495 g/mol. The molecule has 5 nitrogen and oxygen atoms in total. The number of benzene rings is 2. The molecule has 1 aromatic heterocycles. The van der Waals surface area contributed by atoms with E-state index in [1.54, 1.807) is 57.2 Å². The standard InChI is InChI=1S/C28H24F3NO4/c1-5-27(25(35)36-26(2,3)4)16-32-15-20(24(34)28(29,30)31)18-12-9-13-19(23(18)32)21(27)14-22(33)17-10-7-6-8-11-17/h1,6-13,15,21H,14,16H2,2-4H3. The van der Waals surface area contributed by atoms with Crippen molar-refractivity contribution in [2.75, 3.05) is 0 Å². The van der Waals surface area contributed by atoms with Crippen molar-refractivity contribution in [3.63, 3.8) is 0 Å². The van der Waals surface area contributed by atoms with Crippen molar-refractivity contribution in [2.24, 2.45) is 5.41 Å². The minimum atomic E-state index is -5.08. The molecule has 186 valence electrons. The molecule has 1 aliphatic heterocycles. The van der Waals surface area contributed by atoms with E-state index in [9.17, 15) is 27.6 Å². The number of nitrogens with zero attached hydrogens (tertiary/aromatic N) is 1. The van der Waals surface area contributed by atoms with Gasteiger partial charge in [-0.1, -0.05) is 54.5 Å². The SMILES string of the molecule is C#CC1(C(=O)OC(C)(C)C)Cn2cc(C(=O)C(F)(F)F)c3cccc(c32)C1CC(=O)c1ccccc1. The number of ketones is 2. The van der Waals surface area contributed by atoms with Crippen LogP contribution in [0.25, 0.3) is 10.9 Å². The first-order valence-electron chi connectivity index (χ1n) is 11.3. The Morgan fingerprint density at radius 1 is 1.08 bits per heavy atom. The molecule has 0 N–H and O–H groups in total. The van der Waals surface area contributed by atoms with Crippen LogP contribution in [0, 0.1) is 17.8 Å². The van der Waals surface area contributed by atoms with Gasteiger partial charge in [-0.15, -0.1) is 6.42 Å². The van der Waals surface area contributed by atoms with E-state index in [0.29, 0.717) is 16.6 Å². The van der Waals surface area contributed by atoms with Crippen molar-refractivity contribution in [3.05, 3.63) is 71.4 Å². The summed E-state index contributed by atoms with van der Waals surface area (Å²) in [6.07, 6.45) is 1.78. The van der Waals surface area contributed by atoms with Crippen LogP contribution < -0.4 is 0 Å². The molecule has 2 aromatic carbocycles. The summed E-state index contributed by atoms with van der Waals surface area (Å²) in [6, 6.07) is 13.0. The maximum atomic E-state index is 13.6. The molecule has 36 heavy (non-hydrogen) atoms. The maximum Gasteiger partial charge on any atom is 0.454 e. The molecule has 1 aliphatic rings. The van der Waals surface area contributed by atoms with E-state index in [0.717, 1.165) is 6.20 Å². The van der Waals surface area contributed by atoms with E-state index >= 15 is 0 Å². The molecule has 0 aliphatic carbocycles. The van der Waals surface area contributed by atoms with E-state index in [-0.39, 0.29) is 24.1 Å². The van der Waals surface area contributed by atoms with E-state index in [2.05, 4.69) is 5.92 Å². The number of esters is 1. The van der Waals surface area contributed by atoms with Gasteiger partial charge < -0.3 is 9.30 Å². The summed E-state index contributed by atoms with van der Waals surface area (Å²) < 4.78 is 47.1. The van der Waals surface area contributed by atoms with Crippen LogP contribution in [0.1, 0.15) is 59.4 Å². The molecular weight excluding hydrogens is 471 g/mol. The molecule has 0 saturated carbocycles. The number of hydrogen-bond acceptors (Lipinski definition) is 4. The Morgan fingerprint density at radius 2 is 1.75 bits per heavy atom. The van der Waals surface area contributed by atoms with Crippen LogP contribution in [0.2, 0.25) is 0 Å². The molecule has 2 unspecified atom stereocenters. The summed E-state index contributed by atoms with van der Waals surface area (Å²) >= 11 is 0. The van der Waals surface area contributed by atoms with Gasteiger partial charge in [0.05, 0.1) is 17.6 Å². The summed E-state index contributed by atoms with van der Waals surface area (Å²) in [4.78, 5) is 39.1. The number of hydrogen-bond donors (Lipinski definition) is 0. The molecule has 0 bridgehead atoms. The summed E-state index contributed by atoms with van der Waals surface area (Å²) in [5.41, 5.74) is -1.98. The molecule has 2 atom stereocenters. The van der Waals surface area contributed by atoms with Gasteiger partial charge in [0.15, 0.2) is 11.2 Å². The number of carbonyl (C=O) groups is 3. The van der Waals surface area contributed by atoms with Crippen molar-refractivity contribution in [1.82, 2.24) is 4.57 Å². The van der Waals surface area contributed by atoms with Gasteiger partial charge in [0.25, 0.3) is 5.78 Å². The first kappa shape index (κ1) is 25.2. The third kappa shape index (κ3) is 4.30. The number of para-hydroxylation sites is 1. The van der Waals surface area contributed by atoms with Gasteiger partial charge in [-0.25, -0.2) is 0 Å². The van der Waals surface area contributed by atoms with Crippen LogP contribution >= 0.6 is 0 Å². The van der Waals surface area contributed by atoms with Crippen molar-refractivity contribution >= 4 is 28.4 Å². The minimum absolute atomic E-state index is 0.0850. The summed E-state index contributed by atoms with van der Waals surface area (Å²) in [5, 5.41) is 0.0850. The lowest BCUT2D eigenvalue weighted by molar-refractivity contribution is -0.166. The number of ether oxygens (including phenoxy) is 1. The van der Waals surface area contributed by atoms with Gasteiger partial charge in [0.1, 0.15) is 5.60 Å². The number of alkyl halides is 3. The van der Waals surface area contributed by atoms with Gasteiger partial charge in [-0.2, -0.15) is 13.2 Å². The highest BCUT2D eigenvalue weighted by Gasteiger charge is 2.52. The number of Topliss-reactive ketones (excluding diaryl/α,β-unsaturated/α-hetero) is 2. The average Bonchev–Trinajstić information content (AvgIpc) is 3.18. The Kier molecular flexibility index (Phi) is 6.07. The van der Waals surface area contributed by atoms with Crippen molar-refractivity contribution in [2.45, 2.75) is 51.4 Å². The van der Waals surface area contributed by atoms with E-state index in [4.69, 9.17) is 11.2 Å². The quantitative estimate of drug-likeness (QED) is 0.258. The fourth-order valence-electron chi connectivity index (χ4n) is 4.77. The lowest BCUT2D eigenvalue weighted by Crippen LogP contribution is -2.46. The zero-order valence-electron chi connectivity index (χ0n) is 20.0. The monoisotopic (exact) mass is 495 g/mol. The molecule has 0 radical (unpaired) electrons. The Labute approximate surface area is 206 Å². The fraction of sp³-hybridized carbons (Fsp3) is 0.321.